The average molecular weight is 495 g/mol. The Labute approximate surface area is 210 Å². The van der Waals surface area contributed by atoms with E-state index < -0.39 is 0 Å². The van der Waals surface area contributed by atoms with Crippen molar-refractivity contribution >= 4 is 33.4 Å². The van der Waals surface area contributed by atoms with Crippen LogP contribution in [0.5, 0.6) is 5.75 Å². The summed E-state index contributed by atoms with van der Waals surface area (Å²) in [5.41, 5.74) is 7.53. The van der Waals surface area contributed by atoms with E-state index in [1.165, 1.54) is 0 Å². The minimum atomic E-state index is 0.209. The molecule has 0 bridgehead atoms. The summed E-state index contributed by atoms with van der Waals surface area (Å²) in [6, 6.07) is 9.93. The first-order chi connectivity index (χ1) is 17.8. The van der Waals surface area contributed by atoms with Crippen LogP contribution >= 0.6 is 11.3 Å². The monoisotopic (exact) mass is 494 g/mol. The maximum Gasteiger partial charge on any atom is 0.161 e. The summed E-state index contributed by atoms with van der Waals surface area (Å²) in [5.74, 6) is 1.41. The molecule has 0 radical (unpaired) electrons. The van der Waals surface area contributed by atoms with E-state index in [2.05, 4.69) is 41.9 Å². The van der Waals surface area contributed by atoms with Gasteiger partial charge in [0.2, 0.25) is 0 Å². The zero-order valence-electron chi connectivity index (χ0n) is 19.2. The molecular weight excluding hydrogens is 472 g/mol. The predicted molar refractivity (Wildman–Crippen MR) is 140 cm³/mol. The Hall–Kier alpha value is -4.15. The summed E-state index contributed by atoms with van der Waals surface area (Å²) in [5, 5.41) is 15.1. The van der Waals surface area contributed by atoms with Gasteiger partial charge in [0.25, 0.3) is 0 Å². The molecule has 9 nitrogen and oxygen atoms in total. The number of fused-ring (bicyclic) bond motifs is 2. The van der Waals surface area contributed by atoms with Gasteiger partial charge in [-0.05, 0) is 61.6 Å². The molecule has 1 saturated heterocycles. The molecule has 0 spiro atoms. The van der Waals surface area contributed by atoms with E-state index in [4.69, 9.17) is 14.7 Å². The van der Waals surface area contributed by atoms with Crippen LogP contribution in [0.25, 0.3) is 56.1 Å². The quantitative estimate of drug-likeness (QED) is 0.315. The fourth-order valence-corrected chi connectivity index (χ4v) is 5.25. The Balaban J connectivity index is 1.26. The van der Waals surface area contributed by atoms with Gasteiger partial charge in [0, 0.05) is 28.9 Å². The van der Waals surface area contributed by atoms with Crippen molar-refractivity contribution in [1.82, 2.24) is 40.4 Å². The smallest absolute Gasteiger partial charge is 0.161 e. The molecule has 0 saturated carbocycles. The van der Waals surface area contributed by atoms with Crippen LogP contribution in [0.2, 0.25) is 0 Å². The third kappa shape index (κ3) is 3.80. The standard InChI is InChI=1S/C26H22N8OS/c1-2-21-24(30-19(1)16-11-18(13-28-12-16)35-17-3-7-27-8-4-17)25(34-33-21)26-31-20-5-9-29-22(23(20)32-26)15-6-10-36-14-15/h1-2,5-6,9-14,17,27H,3-4,7-8H2,(H,31,32)(H,33,34). The number of hydrogen-bond acceptors (Lipinski definition) is 8. The number of nitrogens with zero attached hydrogens (tertiary/aromatic N) is 5. The number of rotatable bonds is 5. The van der Waals surface area contributed by atoms with Crippen molar-refractivity contribution in [3.63, 3.8) is 0 Å². The molecule has 0 atom stereocenters. The average Bonchev–Trinajstić information content (AvgIpc) is 3.68. The molecule has 178 valence electrons. The van der Waals surface area contributed by atoms with E-state index >= 15 is 0 Å². The van der Waals surface area contributed by atoms with Crippen LogP contribution in [-0.4, -0.2) is 54.3 Å². The van der Waals surface area contributed by atoms with E-state index in [1.54, 1.807) is 23.7 Å². The van der Waals surface area contributed by atoms with Crippen molar-refractivity contribution in [2.24, 2.45) is 0 Å². The normalized spacial score (nSPS) is 14.6. The number of H-pyrrole nitrogens is 2. The number of nitrogens with one attached hydrogen (secondary N) is 3. The Bertz CT molecular complexity index is 1670. The van der Waals surface area contributed by atoms with Crippen molar-refractivity contribution in [3.05, 3.63) is 59.7 Å². The summed E-state index contributed by atoms with van der Waals surface area (Å²) in [4.78, 5) is 22.2. The molecule has 0 amide bonds. The largest absolute Gasteiger partial charge is 0.489 e. The lowest BCUT2D eigenvalue weighted by Gasteiger charge is -2.23. The highest BCUT2D eigenvalue weighted by Crippen LogP contribution is 2.32. The van der Waals surface area contributed by atoms with Crippen LogP contribution < -0.4 is 10.1 Å². The minimum absolute atomic E-state index is 0.209. The summed E-state index contributed by atoms with van der Waals surface area (Å²) in [7, 11) is 0. The van der Waals surface area contributed by atoms with Gasteiger partial charge in [0.15, 0.2) is 11.5 Å². The maximum atomic E-state index is 6.19. The molecule has 0 aromatic carbocycles. The molecule has 7 rings (SSSR count). The van der Waals surface area contributed by atoms with E-state index in [-0.39, 0.29) is 6.10 Å². The highest BCUT2D eigenvalue weighted by Gasteiger charge is 2.18. The highest BCUT2D eigenvalue weighted by atomic mass is 32.1. The number of piperidine rings is 1. The van der Waals surface area contributed by atoms with Crippen molar-refractivity contribution in [2.45, 2.75) is 18.9 Å². The second kappa shape index (κ2) is 8.81. The number of aromatic amines is 2. The topological polar surface area (TPSA) is 117 Å². The maximum absolute atomic E-state index is 6.19. The van der Waals surface area contributed by atoms with Gasteiger partial charge in [-0.15, -0.1) is 0 Å². The first kappa shape index (κ1) is 21.2. The molecule has 0 unspecified atom stereocenters. The second-order valence-electron chi connectivity index (χ2n) is 8.79. The fraction of sp³-hybridized carbons (Fsp3) is 0.192. The first-order valence-corrected chi connectivity index (χ1v) is 12.8. The molecule has 10 heteroatoms. The van der Waals surface area contributed by atoms with Gasteiger partial charge in [-0.25, -0.2) is 9.97 Å². The van der Waals surface area contributed by atoms with Crippen molar-refractivity contribution in [3.8, 4) is 39.8 Å². The summed E-state index contributed by atoms with van der Waals surface area (Å²) < 4.78 is 6.19. The summed E-state index contributed by atoms with van der Waals surface area (Å²) >= 11 is 1.64. The number of thiophene rings is 1. The zero-order chi connectivity index (χ0) is 23.9. The molecule has 7 heterocycles. The number of pyridine rings is 3. The van der Waals surface area contributed by atoms with Crippen LogP contribution in [0.15, 0.2) is 59.7 Å². The van der Waals surface area contributed by atoms with Gasteiger partial charge >= 0.3 is 0 Å². The second-order valence-corrected chi connectivity index (χ2v) is 9.57. The first-order valence-electron chi connectivity index (χ1n) is 11.9. The highest BCUT2D eigenvalue weighted by molar-refractivity contribution is 7.08. The molecule has 6 aromatic rings. The van der Waals surface area contributed by atoms with Gasteiger partial charge in [-0.2, -0.15) is 16.4 Å². The SMILES string of the molecule is c1cc2[nH]c(-c3n[nH]c4ccc(-c5cncc(OC6CCNCC6)c5)nc34)nc2c(-c2ccsc2)n1. The van der Waals surface area contributed by atoms with E-state index in [0.717, 1.165) is 76.3 Å². The lowest BCUT2D eigenvalue weighted by atomic mass is 10.1. The van der Waals surface area contributed by atoms with E-state index in [9.17, 15) is 0 Å². The molecular formula is C26H22N8OS. The Morgan fingerprint density at radius 1 is 0.917 bits per heavy atom. The molecule has 3 N–H and O–H groups in total. The van der Waals surface area contributed by atoms with E-state index in [1.807, 2.05) is 35.8 Å². The van der Waals surface area contributed by atoms with Crippen LogP contribution in [0.1, 0.15) is 12.8 Å². The lowest BCUT2D eigenvalue weighted by Crippen LogP contribution is -2.34. The van der Waals surface area contributed by atoms with Crippen molar-refractivity contribution < 1.29 is 4.74 Å². The molecule has 0 aliphatic carbocycles. The van der Waals surface area contributed by atoms with Crippen LogP contribution in [0.3, 0.4) is 0 Å². The number of hydrogen-bond donors (Lipinski definition) is 3. The molecule has 36 heavy (non-hydrogen) atoms. The van der Waals surface area contributed by atoms with Crippen molar-refractivity contribution in [1.29, 1.82) is 0 Å². The molecule has 6 aromatic heterocycles. The fourth-order valence-electron chi connectivity index (χ4n) is 4.61. The number of aromatic nitrogens is 7. The van der Waals surface area contributed by atoms with Gasteiger partial charge < -0.3 is 15.0 Å². The molecule has 1 aliphatic heterocycles. The Morgan fingerprint density at radius 3 is 2.72 bits per heavy atom. The summed E-state index contributed by atoms with van der Waals surface area (Å²) in [6.07, 6.45) is 7.56. The number of imidazole rings is 1. The molecule has 1 fully saturated rings. The van der Waals surface area contributed by atoms with Crippen LogP contribution in [-0.2, 0) is 0 Å². The predicted octanol–water partition coefficient (Wildman–Crippen LogP) is 4.82. The number of ether oxygens (including phenoxy) is 1. The van der Waals surface area contributed by atoms with Crippen LogP contribution in [0, 0.1) is 0 Å². The lowest BCUT2D eigenvalue weighted by molar-refractivity contribution is 0.162. The zero-order valence-corrected chi connectivity index (χ0v) is 20.0. The van der Waals surface area contributed by atoms with Crippen LogP contribution in [0.4, 0.5) is 0 Å². The Morgan fingerprint density at radius 2 is 1.83 bits per heavy atom. The van der Waals surface area contributed by atoms with Gasteiger partial charge in [0.1, 0.15) is 22.9 Å². The third-order valence-corrected chi connectivity index (χ3v) is 7.11. The van der Waals surface area contributed by atoms with Gasteiger partial charge in [-0.3, -0.25) is 15.1 Å². The van der Waals surface area contributed by atoms with Gasteiger partial charge in [0.05, 0.1) is 28.6 Å². The minimum Gasteiger partial charge on any atom is -0.489 e. The summed E-state index contributed by atoms with van der Waals surface area (Å²) in [6.45, 7) is 1.96. The van der Waals surface area contributed by atoms with E-state index in [0.29, 0.717) is 11.5 Å². The van der Waals surface area contributed by atoms with Crippen molar-refractivity contribution in [2.75, 3.05) is 13.1 Å². The van der Waals surface area contributed by atoms with Gasteiger partial charge in [-0.1, -0.05) is 0 Å². The molecule has 1 aliphatic rings. The third-order valence-electron chi connectivity index (χ3n) is 6.43. The Kier molecular flexibility index (Phi) is 5.18.